The molecule has 2 aliphatic rings. The summed E-state index contributed by atoms with van der Waals surface area (Å²) in [5.41, 5.74) is 1.57. The molecule has 0 radical (unpaired) electrons. The van der Waals surface area contributed by atoms with E-state index in [1.165, 1.54) is 7.11 Å². The zero-order valence-corrected chi connectivity index (χ0v) is 12.0. The van der Waals surface area contributed by atoms with Crippen molar-refractivity contribution in [3.05, 3.63) is 47.0 Å². The molecule has 0 bridgehead atoms. The van der Waals surface area contributed by atoms with Crippen LogP contribution in [0.4, 0.5) is 0 Å². The van der Waals surface area contributed by atoms with E-state index in [2.05, 4.69) is 0 Å². The number of rotatable bonds is 1. The van der Waals surface area contributed by atoms with Gasteiger partial charge in [0.1, 0.15) is 23.7 Å². The van der Waals surface area contributed by atoms with Crippen LogP contribution >= 0.6 is 0 Å². The second-order valence-corrected chi connectivity index (χ2v) is 5.95. The molecular formula is C17H16O5. The average molecular weight is 300 g/mol. The Morgan fingerprint density at radius 1 is 1.18 bits per heavy atom. The lowest BCUT2D eigenvalue weighted by molar-refractivity contribution is -0.0218. The van der Waals surface area contributed by atoms with Crippen LogP contribution < -0.4 is 9.47 Å². The predicted molar refractivity (Wildman–Crippen MR) is 78.8 cm³/mol. The molecule has 1 aliphatic heterocycles. The van der Waals surface area contributed by atoms with Gasteiger partial charge in [0.2, 0.25) is 0 Å². The lowest BCUT2D eigenvalue weighted by Crippen LogP contribution is -2.43. The lowest BCUT2D eigenvalue weighted by atomic mass is 9.80. The minimum atomic E-state index is -1.05. The highest BCUT2D eigenvalue weighted by Crippen LogP contribution is 2.53. The summed E-state index contributed by atoms with van der Waals surface area (Å²) in [7, 11) is 1.50. The van der Waals surface area contributed by atoms with Gasteiger partial charge in [0.15, 0.2) is 11.5 Å². The third-order valence-corrected chi connectivity index (χ3v) is 4.57. The number of aromatic hydroxyl groups is 2. The van der Waals surface area contributed by atoms with E-state index in [4.69, 9.17) is 9.47 Å². The molecule has 2 unspecified atom stereocenters. The second-order valence-electron chi connectivity index (χ2n) is 5.95. The molecule has 1 heterocycles. The molecule has 0 saturated heterocycles. The highest BCUT2D eigenvalue weighted by molar-refractivity contribution is 5.58. The number of hydrogen-bond donors (Lipinski definition) is 3. The van der Waals surface area contributed by atoms with Crippen molar-refractivity contribution in [1.82, 2.24) is 0 Å². The van der Waals surface area contributed by atoms with E-state index in [1.807, 2.05) is 0 Å². The SMILES string of the molecule is COc1cc2c(cc1O)C1c3ccc(O)cc3OCC1(O)C2. The fourth-order valence-corrected chi connectivity index (χ4v) is 3.61. The van der Waals surface area contributed by atoms with Gasteiger partial charge in [-0.2, -0.15) is 0 Å². The van der Waals surface area contributed by atoms with E-state index >= 15 is 0 Å². The normalized spacial score (nSPS) is 24.9. The number of methoxy groups -OCH3 is 1. The Morgan fingerprint density at radius 3 is 2.77 bits per heavy atom. The van der Waals surface area contributed by atoms with Crippen LogP contribution in [0.5, 0.6) is 23.0 Å². The number of benzene rings is 2. The maximum absolute atomic E-state index is 11.0. The second kappa shape index (κ2) is 4.30. The first-order chi connectivity index (χ1) is 10.5. The van der Waals surface area contributed by atoms with Crippen molar-refractivity contribution in [1.29, 1.82) is 0 Å². The Balaban J connectivity index is 1.92. The van der Waals surface area contributed by atoms with Gasteiger partial charge in [-0.1, -0.05) is 6.07 Å². The Bertz CT molecular complexity index is 770. The Labute approximate surface area is 127 Å². The van der Waals surface area contributed by atoms with Gasteiger partial charge in [-0.15, -0.1) is 0 Å². The van der Waals surface area contributed by atoms with Gasteiger partial charge in [-0.05, 0) is 29.3 Å². The van der Waals surface area contributed by atoms with E-state index in [0.717, 1.165) is 16.7 Å². The topological polar surface area (TPSA) is 79.2 Å². The molecule has 3 N–H and O–H groups in total. The molecule has 0 amide bonds. The van der Waals surface area contributed by atoms with Crippen molar-refractivity contribution in [3.8, 4) is 23.0 Å². The largest absolute Gasteiger partial charge is 0.508 e. The maximum Gasteiger partial charge on any atom is 0.160 e. The molecule has 2 aromatic carbocycles. The Morgan fingerprint density at radius 2 is 2.00 bits per heavy atom. The standard InChI is InChI=1S/C17H16O5/c1-21-15-4-9-7-17(20)8-22-14-5-10(18)2-3-11(14)16(17)12(9)6-13(15)19/h2-6,16,18-20H,7-8H2,1H3. The van der Waals surface area contributed by atoms with Gasteiger partial charge in [0.25, 0.3) is 0 Å². The quantitative estimate of drug-likeness (QED) is 0.750. The number of fused-ring (bicyclic) bond motifs is 5. The van der Waals surface area contributed by atoms with E-state index in [1.54, 1.807) is 30.3 Å². The zero-order valence-electron chi connectivity index (χ0n) is 12.0. The van der Waals surface area contributed by atoms with Gasteiger partial charge in [0, 0.05) is 24.0 Å². The summed E-state index contributed by atoms with van der Waals surface area (Å²) in [5.74, 6) is 0.853. The number of hydrogen-bond acceptors (Lipinski definition) is 5. The van der Waals surface area contributed by atoms with Crippen molar-refractivity contribution >= 4 is 0 Å². The minimum Gasteiger partial charge on any atom is -0.508 e. The first kappa shape index (κ1) is 13.3. The van der Waals surface area contributed by atoms with Gasteiger partial charge >= 0.3 is 0 Å². The predicted octanol–water partition coefficient (Wildman–Crippen LogP) is 1.92. The highest BCUT2D eigenvalue weighted by atomic mass is 16.5. The van der Waals surface area contributed by atoms with Gasteiger partial charge in [-0.25, -0.2) is 0 Å². The van der Waals surface area contributed by atoms with Crippen LogP contribution in [0, 0.1) is 0 Å². The smallest absolute Gasteiger partial charge is 0.160 e. The monoisotopic (exact) mass is 300 g/mol. The molecule has 0 fully saturated rings. The van der Waals surface area contributed by atoms with Crippen LogP contribution in [0.25, 0.3) is 0 Å². The fraction of sp³-hybridized carbons (Fsp3) is 0.294. The molecule has 2 atom stereocenters. The third kappa shape index (κ3) is 1.69. The molecule has 1 aliphatic carbocycles. The summed E-state index contributed by atoms with van der Waals surface area (Å²) in [6.07, 6.45) is 0.434. The van der Waals surface area contributed by atoms with E-state index in [-0.39, 0.29) is 24.0 Å². The maximum atomic E-state index is 11.0. The molecule has 0 aromatic heterocycles. The van der Waals surface area contributed by atoms with E-state index in [9.17, 15) is 15.3 Å². The number of aliphatic hydroxyl groups is 1. The fourth-order valence-electron chi connectivity index (χ4n) is 3.61. The van der Waals surface area contributed by atoms with Crippen molar-refractivity contribution in [2.75, 3.05) is 13.7 Å². The summed E-state index contributed by atoms with van der Waals surface area (Å²) >= 11 is 0. The Kier molecular flexibility index (Phi) is 2.60. The van der Waals surface area contributed by atoms with Crippen LogP contribution in [0.15, 0.2) is 30.3 Å². The van der Waals surface area contributed by atoms with Gasteiger partial charge < -0.3 is 24.8 Å². The van der Waals surface area contributed by atoms with Crippen molar-refractivity contribution in [2.45, 2.75) is 17.9 Å². The number of phenols is 2. The molecule has 0 spiro atoms. The van der Waals surface area contributed by atoms with E-state index in [0.29, 0.717) is 17.9 Å². The van der Waals surface area contributed by atoms with Crippen molar-refractivity contribution < 1.29 is 24.8 Å². The molecule has 0 saturated carbocycles. The van der Waals surface area contributed by atoms with Crippen LogP contribution in [-0.4, -0.2) is 34.6 Å². The van der Waals surface area contributed by atoms with E-state index < -0.39 is 5.60 Å². The molecular weight excluding hydrogens is 284 g/mol. The van der Waals surface area contributed by atoms with Crippen molar-refractivity contribution in [2.24, 2.45) is 0 Å². The molecule has 2 aromatic rings. The van der Waals surface area contributed by atoms with Crippen LogP contribution in [0.1, 0.15) is 22.6 Å². The van der Waals surface area contributed by atoms with Gasteiger partial charge in [0.05, 0.1) is 7.11 Å². The first-order valence-corrected chi connectivity index (χ1v) is 7.10. The summed E-state index contributed by atoms with van der Waals surface area (Å²) in [6.45, 7) is 0.145. The van der Waals surface area contributed by atoms with Crippen molar-refractivity contribution in [3.63, 3.8) is 0 Å². The number of ether oxygens (including phenoxy) is 2. The summed E-state index contributed by atoms with van der Waals surface area (Å²) in [4.78, 5) is 0. The molecule has 5 nitrogen and oxygen atoms in total. The van der Waals surface area contributed by atoms with Crippen LogP contribution in [0.2, 0.25) is 0 Å². The summed E-state index contributed by atoms with van der Waals surface area (Å²) in [5, 5.41) is 30.7. The summed E-state index contributed by atoms with van der Waals surface area (Å²) < 4.78 is 10.8. The number of phenolic OH excluding ortho intramolecular Hbond substituents is 2. The third-order valence-electron chi connectivity index (χ3n) is 4.57. The van der Waals surface area contributed by atoms with Crippen LogP contribution in [0.3, 0.4) is 0 Å². The van der Waals surface area contributed by atoms with Gasteiger partial charge in [-0.3, -0.25) is 0 Å². The first-order valence-electron chi connectivity index (χ1n) is 7.10. The molecule has 5 heteroatoms. The summed E-state index contributed by atoms with van der Waals surface area (Å²) in [6, 6.07) is 8.31. The average Bonchev–Trinajstić information content (AvgIpc) is 2.78. The Hall–Kier alpha value is -2.40. The van der Waals surface area contributed by atoms with Crippen LogP contribution in [-0.2, 0) is 6.42 Å². The lowest BCUT2D eigenvalue weighted by Gasteiger charge is -2.36. The zero-order chi connectivity index (χ0) is 15.5. The highest BCUT2D eigenvalue weighted by Gasteiger charge is 2.50. The molecule has 4 rings (SSSR count). The minimum absolute atomic E-state index is 0.0531. The molecule has 22 heavy (non-hydrogen) atoms. The molecule has 114 valence electrons.